The van der Waals surface area contributed by atoms with Crippen LogP contribution >= 0.6 is 0 Å². The van der Waals surface area contributed by atoms with Gasteiger partial charge in [0.2, 0.25) is 5.91 Å². The molecule has 4 rings (SSSR count). The predicted molar refractivity (Wildman–Crippen MR) is 90.8 cm³/mol. The minimum absolute atomic E-state index is 0.178. The third-order valence-electron chi connectivity index (χ3n) is 6.06. The monoisotopic (exact) mass is 313 g/mol. The van der Waals surface area contributed by atoms with Gasteiger partial charge in [-0.05, 0) is 43.1 Å². The maximum atomic E-state index is 13.0. The van der Waals surface area contributed by atoms with Crippen molar-refractivity contribution in [2.45, 2.75) is 44.1 Å². The number of amides is 1. The summed E-state index contributed by atoms with van der Waals surface area (Å²) in [6, 6.07) is 11.1. The number of rotatable bonds is 2. The van der Waals surface area contributed by atoms with Crippen LogP contribution in [0.15, 0.2) is 30.3 Å². The molecule has 3 fully saturated rings. The van der Waals surface area contributed by atoms with Crippen LogP contribution in [-0.4, -0.2) is 36.5 Å². The first-order valence-corrected chi connectivity index (χ1v) is 9.15. The van der Waals surface area contributed by atoms with Crippen molar-refractivity contribution in [3.8, 4) is 0 Å². The second kappa shape index (κ2) is 6.62. The van der Waals surface area contributed by atoms with Gasteiger partial charge in [-0.2, -0.15) is 0 Å². The molecule has 0 aromatic heterocycles. The van der Waals surface area contributed by atoms with Crippen LogP contribution in [0, 0.1) is 11.8 Å². The fourth-order valence-electron chi connectivity index (χ4n) is 4.71. The van der Waals surface area contributed by atoms with E-state index in [1.54, 1.807) is 0 Å². The highest BCUT2D eigenvalue weighted by Gasteiger charge is 2.42. The van der Waals surface area contributed by atoms with Gasteiger partial charge in [-0.25, -0.2) is 0 Å². The Balaban J connectivity index is 1.37. The van der Waals surface area contributed by atoms with E-state index >= 15 is 0 Å². The van der Waals surface area contributed by atoms with E-state index in [1.807, 2.05) is 0 Å². The lowest BCUT2D eigenvalue weighted by molar-refractivity contribution is -0.139. The van der Waals surface area contributed by atoms with Crippen molar-refractivity contribution in [3.63, 3.8) is 0 Å². The van der Waals surface area contributed by atoms with Crippen LogP contribution in [0.25, 0.3) is 0 Å². The number of benzene rings is 1. The lowest BCUT2D eigenvalue weighted by Crippen LogP contribution is -2.50. The molecule has 1 aromatic carbocycles. The molecule has 0 bridgehead atoms. The molecule has 2 heterocycles. The lowest BCUT2D eigenvalue weighted by Gasteiger charge is -2.38. The van der Waals surface area contributed by atoms with E-state index in [9.17, 15) is 4.79 Å². The number of nitrogens with zero attached hydrogens (tertiary/aromatic N) is 1. The number of carbonyl (C=O) groups excluding carboxylic acids is 1. The van der Waals surface area contributed by atoms with Gasteiger partial charge in [0.15, 0.2) is 0 Å². The second-order valence-corrected chi connectivity index (χ2v) is 7.36. The first-order chi connectivity index (χ1) is 11.3. The zero-order valence-electron chi connectivity index (χ0n) is 13.7. The molecule has 124 valence electrons. The van der Waals surface area contributed by atoms with Gasteiger partial charge in [0.05, 0.1) is 5.92 Å². The highest BCUT2D eigenvalue weighted by molar-refractivity contribution is 5.80. The van der Waals surface area contributed by atoms with Gasteiger partial charge >= 0.3 is 0 Å². The summed E-state index contributed by atoms with van der Waals surface area (Å²) in [7, 11) is 0. The van der Waals surface area contributed by atoms with Gasteiger partial charge in [-0.3, -0.25) is 15.6 Å². The Morgan fingerprint density at radius 3 is 2.61 bits per heavy atom. The Labute approximate surface area is 138 Å². The molecule has 4 heteroatoms. The summed E-state index contributed by atoms with van der Waals surface area (Å²) in [6.45, 7) is 2.85. The van der Waals surface area contributed by atoms with Gasteiger partial charge in [-0.1, -0.05) is 36.8 Å². The third kappa shape index (κ3) is 3.02. The summed E-state index contributed by atoms with van der Waals surface area (Å²) in [5, 5.41) is 0. The average Bonchev–Trinajstić information content (AvgIpc) is 3.11. The third-order valence-corrected chi connectivity index (χ3v) is 6.06. The van der Waals surface area contributed by atoms with E-state index in [2.05, 4.69) is 46.1 Å². The van der Waals surface area contributed by atoms with Crippen LogP contribution in [0.1, 0.15) is 43.6 Å². The number of likely N-dealkylation sites (tertiary alicyclic amines) is 1. The van der Waals surface area contributed by atoms with Crippen molar-refractivity contribution >= 4 is 5.91 Å². The number of piperidine rings is 1. The predicted octanol–water partition coefficient (Wildman–Crippen LogP) is 2.29. The Hall–Kier alpha value is -1.39. The molecule has 4 nitrogen and oxygen atoms in total. The van der Waals surface area contributed by atoms with Crippen LogP contribution in [0.2, 0.25) is 0 Å². The molecular formula is C19H27N3O. The lowest BCUT2D eigenvalue weighted by atomic mass is 9.77. The second-order valence-electron chi connectivity index (χ2n) is 7.36. The van der Waals surface area contributed by atoms with E-state index in [0.717, 1.165) is 38.9 Å². The Kier molecular flexibility index (Phi) is 4.36. The van der Waals surface area contributed by atoms with Crippen LogP contribution in [0.4, 0.5) is 0 Å². The smallest absolute Gasteiger partial charge is 0.227 e. The minimum Gasteiger partial charge on any atom is -0.342 e. The maximum absolute atomic E-state index is 13.0. The fraction of sp³-hybridized carbons (Fsp3) is 0.632. The molecule has 1 aromatic rings. The zero-order valence-corrected chi connectivity index (χ0v) is 13.7. The van der Waals surface area contributed by atoms with Crippen LogP contribution in [0.3, 0.4) is 0 Å². The van der Waals surface area contributed by atoms with Crippen molar-refractivity contribution < 1.29 is 4.79 Å². The molecule has 0 radical (unpaired) electrons. The first kappa shape index (κ1) is 15.2. The average molecular weight is 313 g/mol. The molecule has 1 saturated carbocycles. The SMILES string of the molecule is O=C(C1CCCC2CNNC21)N1CCC(c2ccccc2)CC1. The summed E-state index contributed by atoms with van der Waals surface area (Å²) in [4.78, 5) is 15.1. The highest BCUT2D eigenvalue weighted by atomic mass is 16.2. The summed E-state index contributed by atoms with van der Waals surface area (Å²) in [5.41, 5.74) is 8.06. The van der Waals surface area contributed by atoms with Crippen molar-refractivity contribution in [1.82, 2.24) is 15.8 Å². The molecule has 3 aliphatic rings. The van der Waals surface area contributed by atoms with Crippen molar-refractivity contribution in [3.05, 3.63) is 35.9 Å². The standard InChI is InChI=1S/C19H27N3O/c23-19(17-8-4-7-16-13-20-21-18(16)17)22-11-9-15(10-12-22)14-5-2-1-3-6-14/h1-3,5-6,15-18,20-21H,4,7-13H2. The number of fused-ring (bicyclic) bond motifs is 1. The zero-order chi connectivity index (χ0) is 15.6. The van der Waals surface area contributed by atoms with Crippen LogP contribution < -0.4 is 10.9 Å². The summed E-state index contributed by atoms with van der Waals surface area (Å²) >= 11 is 0. The summed E-state index contributed by atoms with van der Waals surface area (Å²) in [6.07, 6.45) is 5.70. The van der Waals surface area contributed by atoms with Gasteiger partial charge in [-0.15, -0.1) is 0 Å². The van der Waals surface area contributed by atoms with Gasteiger partial charge in [0, 0.05) is 25.7 Å². The Bertz CT molecular complexity index is 539. The Morgan fingerprint density at radius 1 is 1.04 bits per heavy atom. The molecule has 1 aliphatic carbocycles. The number of hydrazine groups is 1. The molecular weight excluding hydrogens is 286 g/mol. The molecule has 23 heavy (non-hydrogen) atoms. The molecule has 2 N–H and O–H groups in total. The molecule has 1 amide bonds. The quantitative estimate of drug-likeness (QED) is 0.880. The van der Waals surface area contributed by atoms with Crippen LogP contribution in [-0.2, 0) is 4.79 Å². The number of nitrogens with one attached hydrogen (secondary N) is 2. The van der Waals surface area contributed by atoms with Gasteiger partial charge < -0.3 is 4.90 Å². The molecule has 0 spiro atoms. The molecule has 3 atom stereocenters. The summed E-state index contributed by atoms with van der Waals surface area (Å²) < 4.78 is 0. The fourth-order valence-corrected chi connectivity index (χ4v) is 4.71. The van der Waals surface area contributed by atoms with E-state index in [1.165, 1.54) is 18.4 Å². The number of hydrogen-bond acceptors (Lipinski definition) is 3. The molecule has 2 saturated heterocycles. The van der Waals surface area contributed by atoms with Gasteiger partial charge in [0.1, 0.15) is 0 Å². The van der Waals surface area contributed by atoms with E-state index in [4.69, 9.17) is 0 Å². The topological polar surface area (TPSA) is 44.4 Å². The Morgan fingerprint density at radius 2 is 1.83 bits per heavy atom. The minimum atomic E-state index is 0.178. The van der Waals surface area contributed by atoms with Gasteiger partial charge in [0.25, 0.3) is 0 Å². The van der Waals surface area contributed by atoms with E-state index in [0.29, 0.717) is 23.8 Å². The normalized spacial score (nSPS) is 31.8. The molecule has 2 aliphatic heterocycles. The summed E-state index contributed by atoms with van der Waals surface area (Å²) in [5.74, 6) is 1.82. The number of carbonyl (C=O) groups is 1. The first-order valence-electron chi connectivity index (χ1n) is 9.15. The molecule has 3 unspecified atom stereocenters. The van der Waals surface area contributed by atoms with Crippen LogP contribution in [0.5, 0.6) is 0 Å². The van der Waals surface area contributed by atoms with Crippen molar-refractivity contribution in [1.29, 1.82) is 0 Å². The van der Waals surface area contributed by atoms with Crippen molar-refractivity contribution in [2.24, 2.45) is 11.8 Å². The number of hydrogen-bond donors (Lipinski definition) is 2. The van der Waals surface area contributed by atoms with E-state index in [-0.39, 0.29) is 5.92 Å². The van der Waals surface area contributed by atoms with Crippen molar-refractivity contribution in [2.75, 3.05) is 19.6 Å². The highest BCUT2D eigenvalue weighted by Crippen LogP contribution is 2.34. The largest absolute Gasteiger partial charge is 0.342 e. The maximum Gasteiger partial charge on any atom is 0.227 e. The van der Waals surface area contributed by atoms with E-state index < -0.39 is 0 Å².